The quantitative estimate of drug-likeness (QED) is 0.816. The Kier molecular flexibility index (Phi) is 6.85. The Morgan fingerprint density at radius 2 is 1.82 bits per heavy atom. The summed E-state index contributed by atoms with van der Waals surface area (Å²) in [6, 6.07) is 8.37. The van der Waals surface area contributed by atoms with Crippen LogP contribution in [-0.4, -0.2) is 37.4 Å². The summed E-state index contributed by atoms with van der Waals surface area (Å²) in [6.07, 6.45) is -0.689. The van der Waals surface area contributed by atoms with E-state index < -0.39 is 23.7 Å². The Balaban J connectivity index is 2.54. The summed E-state index contributed by atoms with van der Waals surface area (Å²) in [5, 5.41) is 2.45. The third kappa shape index (κ3) is 7.08. The van der Waals surface area contributed by atoms with Gasteiger partial charge in [0.15, 0.2) is 6.04 Å². The van der Waals surface area contributed by atoms with Crippen LogP contribution in [0.1, 0.15) is 26.3 Å². The van der Waals surface area contributed by atoms with Gasteiger partial charge in [0.2, 0.25) is 0 Å². The van der Waals surface area contributed by atoms with Crippen LogP contribution < -0.4 is 5.32 Å². The second-order valence-corrected chi connectivity index (χ2v) is 5.75. The van der Waals surface area contributed by atoms with Crippen LogP contribution in [0.3, 0.4) is 0 Å². The smallest absolute Gasteiger partial charge is 0.408 e. The SMILES string of the molecule is COCC(NC(=O)OC(C)(C)C)C(=O)OCc1ccccc1. The standard InChI is InChI=1S/C16H23NO5/c1-16(2,3)22-15(19)17-13(11-20-4)14(18)21-10-12-8-6-5-7-9-12/h5-9,13H,10-11H2,1-4H3,(H,17,19). The molecule has 0 saturated carbocycles. The van der Waals surface area contributed by atoms with Gasteiger partial charge in [0.1, 0.15) is 12.2 Å². The second kappa shape index (κ2) is 8.38. The molecule has 1 aromatic carbocycles. The molecule has 6 heteroatoms. The zero-order valence-corrected chi connectivity index (χ0v) is 13.4. The van der Waals surface area contributed by atoms with Crippen LogP contribution >= 0.6 is 0 Å². The van der Waals surface area contributed by atoms with Gasteiger partial charge < -0.3 is 19.5 Å². The van der Waals surface area contributed by atoms with E-state index in [2.05, 4.69) is 5.32 Å². The fourth-order valence-corrected chi connectivity index (χ4v) is 1.61. The molecule has 1 aromatic rings. The summed E-state index contributed by atoms with van der Waals surface area (Å²) in [5.41, 5.74) is 0.222. The number of methoxy groups -OCH3 is 1. The third-order valence-corrected chi connectivity index (χ3v) is 2.53. The molecule has 0 bridgehead atoms. The molecule has 22 heavy (non-hydrogen) atoms. The predicted molar refractivity (Wildman–Crippen MR) is 81.3 cm³/mol. The van der Waals surface area contributed by atoms with E-state index in [1.807, 2.05) is 30.3 Å². The summed E-state index contributed by atoms with van der Waals surface area (Å²) in [6.45, 7) is 5.37. The van der Waals surface area contributed by atoms with Gasteiger partial charge in [-0.1, -0.05) is 30.3 Å². The lowest BCUT2D eigenvalue weighted by atomic mass is 10.2. The van der Waals surface area contributed by atoms with Gasteiger partial charge in [0.05, 0.1) is 6.61 Å². The molecule has 1 unspecified atom stereocenters. The lowest BCUT2D eigenvalue weighted by molar-refractivity contribution is -0.148. The first-order valence-corrected chi connectivity index (χ1v) is 7.01. The first-order chi connectivity index (χ1) is 10.3. The number of benzene rings is 1. The van der Waals surface area contributed by atoms with Crippen LogP contribution in [0.5, 0.6) is 0 Å². The molecule has 122 valence electrons. The molecule has 1 N–H and O–H groups in total. The van der Waals surface area contributed by atoms with Gasteiger partial charge in [-0.3, -0.25) is 0 Å². The highest BCUT2D eigenvalue weighted by Crippen LogP contribution is 2.07. The van der Waals surface area contributed by atoms with Crippen molar-refractivity contribution in [3.8, 4) is 0 Å². The van der Waals surface area contributed by atoms with Gasteiger partial charge in [-0.15, -0.1) is 0 Å². The fourth-order valence-electron chi connectivity index (χ4n) is 1.61. The average Bonchev–Trinajstić information content (AvgIpc) is 2.43. The molecule has 1 atom stereocenters. The zero-order chi connectivity index (χ0) is 16.6. The summed E-state index contributed by atoms with van der Waals surface area (Å²) in [5.74, 6) is -0.573. The molecule has 0 aliphatic rings. The molecular formula is C16H23NO5. The highest BCUT2D eigenvalue weighted by atomic mass is 16.6. The molecule has 6 nitrogen and oxygen atoms in total. The molecule has 0 heterocycles. The minimum absolute atomic E-state index is 0.00681. The molecule has 0 saturated heterocycles. The molecule has 1 amide bonds. The Morgan fingerprint density at radius 3 is 2.36 bits per heavy atom. The van der Waals surface area contributed by atoms with Crippen molar-refractivity contribution in [1.29, 1.82) is 0 Å². The molecule has 0 spiro atoms. The predicted octanol–water partition coefficient (Wildman–Crippen LogP) is 2.27. The average molecular weight is 309 g/mol. The van der Waals surface area contributed by atoms with E-state index in [4.69, 9.17) is 14.2 Å². The number of nitrogens with one attached hydrogen (secondary N) is 1. The molecule has 0 aromatic heterocycles. The lowest BCUT2D eigenvalue weighted by Crippen LogP contribution is -2.46. The summed E-state index contributed by atoms with van der Waals surface area (Å²) in [7, 11) is 1.44. The summed E-state index contributed by atoms with van der Waals surface area (Å²) < 4.78 is 15.2. The Hall–Kier alpha value is -2.08. The number of alkyl carbamates (subject to hydrolysis) is 1. The molecule has 0 fully saturated rings. The number of carbonyl (C=O) groups is 2. The van der Waals surface area contributed by atoms with E-state index in [0.717, 1.165) is 5.56 Å². The minimum atomic E-state index is -0.913. The van der Waals surface area contributed by atoms with Crippen molar-refractivity contribution in [1.82, 2.24) is 5.32 Å². The first kappa shape index (κ1) is 18.0. The van der Waals surface area contributed by atoms with Crippen molar-refractivity contribution in [2.75, 3.05) is 13.7 Å². The van der Waals surface area contributed by atoms with Gasteiger partial charge in [0.25, 0.3) is 0 Å². The van der Waals surface area contributed by atoms with Gasteiger partial charge in [-0.25, -0.2) is 9.59 Å². The van der Waals surface area contributed by atoms with Gasteiger partial charge in [-0.05, 0) is 26.3 Å². The van der Waals surface area contributed by atoms with Crippen molar-refractivity contribution < 1.29 is 23.8 Å². The highest BCUT2D eigenvalue weighted by Gasteiger charge is 2.25. The molecule has 1 rings (SSSR count). The third-order valence-electron chi connectivity index (χ3n) is 2.53. The van der Waals surface area contributed by atoms with Crippen LogP contribution in [0.4, 0.5) is 4.79 Å². The van der Waals surface area contributed by atoms with E-state index in [1.165, 1.54) is 7.11 Å². The summed E-state index contributed by atoms with van der Waals surface area (Å²) >= 11 is 0. The Bertz CT molecular complexity index is 481. The number of hydrogen-bond acceptors (Lipinski definition) is 5. The van der Waals surface area contributed by atoms with Gasteiger partial charge in [-0.2, -0.15) is 0 Å². The Labute approximate surface area is 130 Å². The van der Waals surface area contributed by atoms with Crippen molar-refractivity contribution in [2.24, 2.45) is 0 Å². The number of amides is 1. The van der Waals surface area contributed by atoms with Crippen LogP contribution in [0.25, 0.3) is 0 Å². The Morgan fingerprint density at radius 1 is 1.18 bits per heavy atom. The number of hydrogen-bond donors (Lipinski definition) is 1. The maximum absolute atomic E-state index is 12.0. The molecule has 0 aliphatic carbocycles. The van der Waals surface area contributed by atoms with E-state index in [-0.39, 0.29) is 13.2 Å². The zero-order valence-electron chi connectivity index (χ0n) is 13.4. The van der Waals surface area contributed by atoms with Crippen LogP contribution in [0.2, 0.25) is 0 Å². The first-order valence-electron chi connectivity index (χ1n) is 7.01. The van der Waals surface area contributed by atoms with Crippen LogP contribution in [-0.2, 0) is 25.6 Å². The largest absolute Gasteiger partial charge is 0.459 e. The van der Waals surface area contributed by atoms with E-state index in [1.54, 1.807) is 20.8 Å². The van der Waals surface area contributed by atoms with Crippen LogP contribution in [0, 0.1) is 0 Å². The molecular weight excluding hydrogens is 286 g/mol. The van der Waals surface area contributed by atoms with Gasteiger partial charge in [0, 0.05) is 7.11 Å². The number of ether oxygens (including phenoxy) is 3. The lowest BCUT2D eigenvalue weighted by Gasteiger charge is -2.22. The van der Waals surface area contributed by atoms with Gasteiger partial charge >= 0.3 is 12.1 Å². The monoisotopic (exact) mass is 309 g/mol. The maximum atomic E-state index is 12.0. The topological polar surface area (TPSA) is 73.9 Å². The number of carbonyl (C=O) groups excluding carboxylic acids is 2. The van der Waals surface area contributed by atoms with Crippen molar-refractivity contribution >= 4 is 12.1 Å². The number of esters is 1. The fraction of sp³-hybridized carbons (Fsp3) is 0.500. The number of rotatable bonds is 6. The minimum Gasteiger partial charge on any atom is -0.459 e. The van der Waals surface area contributed by atoms with Crippen molar-refractivity contribution in [2.45, 2.75) is 39.0 Å². The normalized spacial score (nSPS) is 12.4. The maximum Gasteiger partial charge on any atom is 0.408 e. The van der Waals surface area contributed by atoms with E-state index in [0.29, 0.717) is 0 Å². The van der Waals surface area contributed by atoms with Crippen molar-refractivity contribution in [3.63, 3.8) is 0 Å². The molecule has 0 radical (unpaired) electrons. The van der Waals surface area contributed by atoms with Crippen LogP contribution in [0.15, 0.2) is 30.3 Å². The molecule has 0 aliphatic heterocycles. The second-order valence-electron chi connectivity index (χ2n) is 5.75. The summed E-state index contributed by atoms with van der Waals surface area (Å²) in [4.78, 5) is 23.8. The van der Waals surface area contributed by atoms with E-state index >= 15 is 0 Å². The van der Waals surface area contributed by atoms with E-state index in [9.17, 15) is 9.59 Å². The van der Waals surface area contributed by atoms with Crippen molar-refractivity contribution in [3.05, 3.63) is 35.9 Å². The highest BCUT2D eigenvalue weighted by molar-refractivity contribution is 5.81.